The second-order valence-corrected chi connectivity index (χ2v) is 5.75. The smallest absolute Gasteiger partial charge is 0.173 e. The molecule has 1 atom stereocenters. The lowest BCUT2D eigenvalue weighted by Crippen LogP contribution is -2.13. The summed E-state index contributed by atoms with van der Waals surface area (Å²) in [5.41, 5.74) is 0.459. The molecular formula is C14H17BrF2O. The maximum absolute atomic E-state index is 13.5. The van der Waals surface area contributed by atoms with Crippen LogP contribution in [0.5, 0.6) is 0 Å². The molecule has 1 aromatic rings. The third kappa shape index (κ3) is 2.91. The van der Waals surface area contributed by atoms with Gasteiger partial charge in [0.15, 0.2) is 11.6 Å². The standard InChI is InChI=1S/C14H17BrF2O/c15-12-10(7-8-11(16)13(12)17)14(18)9-5-3-1-2-4-6-9/h7-9,14,18H,1-6H2. The molecule has 1 fully saturated rings. The van der Waals surface area contributed by atoms with Gasteiger partial charge in [0, 0.05) is 0 Å². The molecule has 100 valence electrons. The number of rotatable bonds is 2. The van der Waals surface area contributed by atoms with Gasteiger partial charge in [-0.15, -0.1) is 0 Å². The van der Waals surface area contributed by atoms with Crippen LogP contribution in [0.25, 0.3) is 0 Å². The van der Waals surface area contributed by atoms with Gasteiger partial charge in [0.05, 0.1) is 10.6 Å². The largest absolute Gasteiger partial charge is 0.388 e. The molecule has 0 aliphatic heterocycles. The maximum Gasteiger partial charge on any atom is 0.173 e. The highest BCUT2D eigenvalue weighted by atomic mass is 79.9. The van der Waals surface area contributed by atoms with Crippen molar-refractivity contribution in [2.75, 3.05) is 0 Å². The maximum atomic E-state index is 13.5. The quantitative estimate of drug-likeness (QED) is 0.617. The topological polar surface area (TPSA) is 20.2 Å². The van der Waals surface area contributed by atoms with Crippen LogP contribution in [-0.4, -0.2) is 5.11 Å². The van der Waals surface area contributed by atoms with Gasteiger partial charge in [0.2, 0.25) is 0 Å². The summed E-state index contributed by atoms with van der Waals surface area (Å²) >= 11 is 3.04. The van der Waals surface area contributed by atoms with Gasteiger partial charge in [-0.2, -0.15) is 0 Å². The average molecular weight is 319 g/mol. The first-order chi connectivity index (χ1) is 8.61. The minimum absolute atomic E-state index is 0.0549. The number of hydrogen-bond acceptors (Lipinski definition) is 1. The lowest BCUT2D eigenvalue weighted by molar-refractivity contribution is 0.0976. The molecule has 1 nitrogen and oxygen atoms in total. The first-order valence-electron chi connectivity index (χ1n) is 6.42. The van der Waals surface area contributed by atoms with Crippen molar-refractivity contribution in [3.63, 3.8) is 0 Å². The fourth-order valence-electron chi connectivity index (χ4n) is 2.65. The molecular weight excluding hydrogens is 302 g/mol. The molecule has 1 aliphatic rings. The van der Waals surface area contributed by atoms with E-state index in [2.05, 4.69) is 15.9 Å². The Balaban J connectivity index is 2.22. The SMILES string of the molecule is OC(c1ccc(F)c(F)c1Br)C1CCCCCC1. The molecule has 0 heterocycles. The van der Waals surface area contributed by atoms with E-state index < -0.39 is 17.7 Å². The molecule has 1 N–H and O–H groups in total. The second-order valence-electron chi connectivity index (χ2n) is 4.96. The predicted molar refractivity (Wildman–Crippen MR) is 70.2 cm³/mol. The van der Waals surface area contributed by atoms with Crippen molar-refractivity contribution in [1.29, 1.82) is 0 Å². The summed E-state index contributed by atoms with van der Waals surface area (Å²) in [6.45, 7) is 0. The molecule has 18 heavy (non-hydrogen) atoms. The Morgan fingerprint density at radius 3 is 2.33 bits per heavy atom. The van der Waals surface area contributed by atoms with Crippen molar-refractivity contribution in [2.45, 2.75) is 44.6 Å². The third-order valence-electron chi connectivity index (χ3n) is 3.73. The Labute approximate surface area is 114 Å². The molecule has 1 aliphatic carbocycles. The van der Waals surface area contributed by atoms with Gasteiger partial charge in [-0.3, -0.25) is 0 Å². The van der Waals surface area contributed by atoms with Gasteiger partial charge in [-0.1, -0.05) is 31.7 Å². The van der Waals surface area contributed by atoms with Crippen molar-refractivity contribution in [3.8, 4) is 0 Å². The Bertz CT molecular complexity index is 415. The van der Waals surface area contributed by atoms with Crippen molar-refractivity contribution >= 4 is 15.9 Å². The molecule has 2 rings (SSSR count). The molecule has 0 amide bonds. The molecule has 0 aromatic heterocycles. The summed E-state index contributed by atoms with van der Waals surface area (Å²) < 4.78 is 26.6. The summed E-state index contributed by atoms with van der Waals surface area (Å²) in [6, 6.07) is 2.55. The van der Waals surface area contributed by atoms with E-state index in [1.54, 1.807) is 0 Å². The molecule has 1 saturated carbocycles. The van der Waals surface area contributed by atoms with Gasteiger partial charge in [0.1, 0.15) is 0 Å². The first-order valence-corrected chi connectivity index (χ1v) is 7.22. The number of halogens is 3. The van der Waals surface area contributed by atoms with E-state index in [0.29, 0.717) is 5.56 Å². The monoisotopic (exact) mass is 318 g/mol. The van der Waals surface area contributed by atoms with Crippen molar-refractivity contribution < 1.29 is 13.9 Å². The molecule has 1 unspecified atom stereocenters. The van der Waals surface area contributed by atoms with Crippen LogP contribution in [-0.2, 0) is 0 Å². The van der Waals surface area contributed by atoms with Gasteiger partial charge in [-0.25, -0.2) is 8.78 Å². The fourth-order valence-corrected chi connectivity index (χ4v) is 3.21. The van der Waals surface area contributed by atoms with E-state index in [-0.39, 0.29) is 10.4 Å². The molecule has 4 heteroatoms. The normalized spacial score (nSPS) is 19.6. The molecule has 0 spiro atoms. The highest BCUT2D eigenvalue weighted by Gasteiger charge is 2.25. The van der Waals surface area contributed by atoms with Crippen molar-refractivity contribution in [2.24, 2.45) is 5.92 Å². The number of aliphatic hydroxyl groups is 1. The molecule has 0 radical (unpaired) electrons. The van der Waals surface area contributed by atoms with Crippen LogP contribution >= 0.6 is 15.9 Å². The van der Waals surface area contributed by atoms with E-state index in [0.717, 1.165) is 31.7 Å². The van der Waals surface area contributed by atoms with Crippen LogP contribution in [0.3, 0.4) is 0 Å². The van der Waals surface area contributed by atoms with Gasteiger partial charge in [-0.05, 0) is 46.3 Å². The molecule has 0 bridgehead atoms. The van der Waals surface area contributed by atoms with Gasteiger partial charge in [0.25, 0.3) is 0 Å². The van der Waals surface area contributed by atoms with Crippen molar-refractivity contribution in [3.05, 3.63) is 33.8 Å². The Hall–Kier alpha value is -0.480. The summed E-state index contributed by atoms with van der Waals surface area (Å²) in [6.07, 6.45) is 5.78. The Morgan fingerprint density at radius 1 is 1.11 bits per heavy atom. The van der Waals surface area contributed by atoms with Crippen LogP contribution in [0.15, 0.2) is 16.6 Å². The number of benzene rings is 1. The van der Waals surface area contributed by atoms with Crippen LogP contribution in [0, 0.1) is 17.6 Å². The van der Waals surface area contributed by atoms with Crippen LogP contribution < -0.4 is 0 Å². The summed E-state index contributed by atoms with van der Waals surface area (Å²) in [7, 11) is 0. The van der Waals surface area contributed by atoms with Gasteiger partial charge >= 0.3 is 0 Å². The number of hydrogen-bond donors (Lipinski definition) is 1. The molecule has 1 aromatic carbocycles. The minimum atomic E-state index is -0.917. The van der Waals surface area contributed by atoms with E-state index in [1.165, 1.54) is 18.9 Å². The zero-order valence-corrected chi connectivity index (χ0v) is 11.7. The van der Waals surface area contributed by atoms with E-state index >= 15 is 0 Å². The lowest BCUT2D eigenvalue weighted by atomic mass is 9.89. The third-order valence-corrected chi connectivity index (χ3v) is 4.54. The van der Waals surface area contributed by atoms with E-state index in [1.807, 2.05) is 0 Å². The number of aliphatic hydroxyl groups excluding tert-OH is 1. The predicted octanol–water partition coefficient (Wildman–Crippen LogP) is 4.73. The van der Waals surface area contributed by atoms with Gasteiger partial charge < -0.3 is 5.11 Å². The Morgan fingerprint density at radius 2 is 1.72 bits per heavy atom. The highest BCUT2D eigenvalue weighted by molar-refractivity contribution is 9.10. The Kier molecular flexibility index (Phi) is 4.73. The summed E-state index contributed by atoms with van der Waals surface area (Å²) in [5.74, 6) is -1.66. The highest BCUT2D eigenvalue weighted by Crippen LogP contribution is 2.37. The lowest BCUT2D eigenvalue weighted by Gasteiger charge is -2.22. The zero-order chi connectivity index (χ0) is 13.1. The first kappa shape index (κ1) is 13.9. The summed E-state index contributed by atoms with van der Waals surface area (Å²) in [4.78, 5) is 0. The molecule has 0 saturated heterocycles. The van der Waals surface area contributed by atoms with Crippen LogP contribution in [0.2, 0.25) is 0 Å². The van der Waals surface area contributed by atoms with E-state index in [4.69, 9.17) is 0 Å². The minimum Gasteiger partial charge on any atom is -0.388 e. The summed E-state index contributed by atoms with van der Waals surface area (Å²) in [5, 5.41) is 10.3. The van der Waals surface area contributed by atoms with Crippen molar-refractivity contribution in [1.82, 2.24) is 0 Å². The van der Waals surface area contributed by atoms with Crippen LogP contribution in [0.1, 0.15) is 50.2 Å². The fraction of sp³-hybridized carbons (Fsp3) is 0.571. The van der Waals surface area contributed by atoms with Crippen LogP contribution in [0.4, 0.5) is 8.78 Å². The average Bonchev–Trinajstić information content (AvgIpc) is 2.64. The van der Waals surface area contributed by atoms with E-state index in [9.17, 15) is 13.9 Å². The zero-order valence-electron chi connectivity index (χ0n) is 10.1. The second kappa shape index (κ2) is 6.11.